The van der Waals surface area contributed by atoms with Crippen molar-refractivity contribution in [2.24, 2.45) is 0 Å². The first-order chi connectivity index (χ1) is 18.0. The number of nitrogens with zero attached hydrogens (tertiary/aromatic N) is 4. The smallest absolute Gasteiger partial charge is 0.232 e. The molecule has 2 fully saturated rings. The Morgan fingerprint density at radius 2 is 1.59 bits per heavy atom. The average molecular weight is 556 g/mol. The molecule has 0 atom stereocenters. The number of nitrogens with one attached hydrogen (secondary N) is 2. The van der Waals surface area contributed by atoms with Gasteiger partial charge in [-0.3, -0.25) is 0 Å². The van der Waals surface area contributed by atoms with E-state index in [0.717, 1.165) is 56.4 Å². The lowest BCUT2D eigenvalue weighted by atomic mass is 9.69. The van der Waals surface area contributed by atoms with Gasteiger partial charge in [-0.1, -0.05) is 72.8 Å². The lowest BCUT2D eigenvalue weighted by Crippen LogP contribution is -2.47. The van der Waals surface area contributed by atoms with Crippen LogP contribution < -0.4 is 20.4 Å². The predicted octanol–water partition coefficient (Wildman–Crippen LogP) is 6.30. The maximum Gasteiger partial charge on any atom is 0.232 e. The Kier molecular flexibility index (Phi) is 8.33. The zero-order valence-electron chi connectivity index (χ0n) is 20.8. The van der Waals surface area contributed by atoms with Crippen molar-refractivity contribution in [3.63, 3.8) is 0 Å². The van der Waals surface area contributed by atoms with Crippen molar-refractivity contribution in [3.05, 3.63) is 76.4 Å². The summed E-state index contributed by atoms with van der Waals surface area (Å²) in [7, 11) is 0. The molecular formula is C28H32Cl2N6S. The fourth-order valence-corrected chi connectivity index (χ4v) is 6.00. The Morgan fingerprint density at radius 3 is 2.32 bits per heavy atom. The van der Waals surface area contributed by atoms with E-state index >= 15 is 0 Å². The molecule has 2 heterocycles. The Labute approximate surface area is 234 Å². The molecule has 2 N–H and O–H groups in total. The fourth-order valence-electron chi connectivity index (χ4n) is 5.47. The van der Waals surface area contributed by atoms with Gasteiger partial charge in [0.05, 0.1) is 0 Å². The molecule has 37 heavy (non-hydrogen) atoms. The molecule has 1 aliphatic carbocycles. The zero-order chi connectivity index (χ0) is 25.7. The highest BCUT2D eigenvalue weighted by Gasteiger charge is 2.34. The Morgan fingerprint density at radius 1 is 0.865 bits per heavy atom. The number of benzene rings is 2. The van der Waals surface area contributed by atoms with Crippen molar-refractivity contribution >= 4 is 58.0 Å². The van der Waals surface area contributed by atoms with Crippen molar-refractivity contribution in [2.45, 2.75) is 37.5 Å². The summed E-state index contributed by atoms with van der Waals surface area (Å²) >= 11 is 18.4. The number of para-hydroxylation sites is 1. The molecule has 1 aromatic heterocycles. The SMILES string of the molecule is S=C(NCC1(c2cccc(Cl)c2)CCCCC1)Nc1nc(Cl)cc(N2CCN(c3ccccc3)CC2)n1. The van der Waals surface area contributed by atoms with E-state index in [4.69, 9.17) is 40.4 Å². The molecule has 194 valence electrons. The van der Waals surface area contributed by atoms with Gasteiger partial charge >= 0.3 is 0 Å². The summed E-state index contributed by atoms with van der Waals surface area (Å²) in [6.07, 6.45) is 5.88. The van der Waals surface area contributed by atoms with Gasteiger partial charge in [-0.25, -0.2) is 4.98 Å². The van der Waals surface area contributed by atoms with Crippen LogP contribution in [0.2, 0.25) is 10.2 Å². The molecule has 6 nitrogen and oxygen atoms in total. The highest BCUT2D eigenvalue weighted by atomic mass is 35.5. The largest absolute Gasteiger partial charge is 0.368 e. The molecule has 1 saturated heterocycles. The molecule has 0 spiro atoms. The van der Waals surface area contributed by atoms with E-state index in [1.807, 2.05) is 24.3 Å². The fraction of sp³-hybridized carbons (Fsp3) is 0.393. The van der Waals surface area contributed by atoms with Crippen LogP contribution in [0.25, 0.3) is 0 Å². The first-order valence-corrected chi connectivity index (χ1v) is 14.1. The third-order valence-electron chi connectivity index (χ3n) is 7.47. The third kappa shape index (κ3) is 6.46. The molecule has 5 rings (SSSR count). The van der Waals surface area contributed by atoms with Crippen LogP contribution in [0.15, 0.2) is 60.7 Å². The zero-order valence-corrected chi connectivity index (χ0v) is 23.1. The van der Waals surface area contributed by atoms with Gasteiger partial charge in [0.25, 0.3) is 0 Å². The van der Waals surface area contributed by atoms with Crippen molar-refractivity contribution < 1.29 is 0 Å². The highest BCUT2D eigenvalue weighted by molar-refractivity contribution is 7.80. The van der Waals surface area contributed by atoms with Gasteiger partial charge < -0.3 is 20.4 Å². The summed E-state index contributed by atoms with van der Waals surface area (Å²) in [4.78, 5) is 13.7. The van der Waals surface area contributed by atoms with Gasteiger partial charge in [-0.05, 0) is 54.9 Å². The number of piperazine rings is 1. The minimum atomic E-state index is 0.00761. The van der Waals surface area contributed by atoms with Crippen LogP contribution in [0, 0.1) is 0 Å². The molecule has 1 aliphatic heterocycles. The molecule has 0 radical (unpaired) electrons. The van der Waals surface area contributed by atoms with Crippen LogP contribution in [-0.4, -0.2) is 47.8 Å². The second-order valence-electron chi connectivity index (χ2n) is 9.84. The van der Waals surface area contributed by atoms with Crippen molar-refractivity contribution in [2.75, 3.05) is 47.8 Å². The first-order valence-electron chi connectivity index (χ1n) is 12.9. The number of rotatable bonds is 6. The maximum atomic E-state index is 6.39. The highest BCUT2D eigenvalue weighted by Crippen LogP contribution is 2.39. The second kappa shape index (κ2) is 11.8. The van der Waals surface area contributed by atoms with Crippen molar-refractivity contribution in [1.29, 1.82) is 0 Å². The lowest BCUT2D eigenvalue weighted by Gasteiger charge is -2.38. The van der Waals surface area contributed by atoms with Gasteiger partial charge in [0.2, 0.25) is 5.95 Å². The van der Waals surface area contributed by atoms with Gasteiger partial charge in [-0.15, -0.1) is 0 Å². The lowest BCUT2D eigenvalue weighted by molar-refractivity contribution is 0.292. The van der Waals surface area contributed by atoms with Crippen LogP contribution in [0.3, 0.4) is 0 Å². The van der Waals surface area contributed by atoms with Crippen LogP contribution in [0.4, 0.5) is 17.5 Å². The summed E-state index contributed by atoms with van der Waals surface area (Å²) < 4.78 is 0. The molecule has 3 aromatic rings. The number of aromatic nitrogens is 2. The van der Waals surface area contributed by atoms with E-state index < -0.39 is 0 Å². The Balaban J connectivity index is 1.22. The standard InChI is InChI=1S/C28H32Cl2N6S/c29-22-9-7-8-21(18-22)28(12-5-2-6-13-28)20-31-27(37)34-26-32-24(30)19-25(33-26)36-16-14-35(15-17-36)23-10-3-1-4-11-23/h1,3-4,7-11,18-19H,2,5-6,12-17,20H2,(H2,31,32,33,34,37). The van der Waals surface area contributed by atoms with Gasteiger partial charge in [0, 0.05) is 54.9 Å². The Bertz CT molecular complexity index is 1210. The van der Waals surface area contributed by atoms with Gasteiger partial charge in [0.1, 0.15) is 11.0 Å². The number of hydrogen-bond acceptors (Lipinski definition) is 5. The maximum absolute atomic E-state index is 6.39. The molecule has 9 heteroatoms. The second-order valence-corrected chi connectivity index (χ2v) is 11.1. The molecule has 1 saturated carbocycles. The van der Waals surface area contributed by atoms with Crippen molar-refractivity contribution in [3.8, 4) is 0 Å². The van der Waals surface area contributed by atoms with Crippen LogP contribution in [0.5, 0.6) is 0 Å². The molecule has 2 aliphatic rings. The van der Waals surface area contributed by atoms with Crippen LogP contribution in [-0.2, 0) is 5.41 Å². The van der Waals surface area contributed by atoms with Gasteiger partial charge in [-0.2, -0.15) is 4.98 Å². The predicted molar refractivity (Wildman–Crippen MR) is 158 cm³/mol. The minimum absolute atomic E-state index is 0.00761. The summed E-state index contributed by atoms with van der Waals surface area (Å²) in [5, 5.41) is 8.26. The summed E-state index contributed by atoms with van der Waals surface area (Å²) in [5.74, 6) is 1.21. The quantitative estimate of drug-likeness (QED) is 0.274. The molecule has 0 unspecified atom stereocenters. The topological polar surface area (TPSA) is 56.3 Å². The normalized spacial score (nSPS) is 17.4. The first kappa shape index (κ1) is 26.0. The molecule has 2 aromatic carbocycles. The molecular weight excluding hydrogens is 523 g/mol. The summed E-state index contributed by atoms with van der Waals surface area (Å²) in [5.41, 5.74) is 2.52. The van der Waals surface area contributed by atoms with Crippen LogP contribution >= 0.6 is 35.4 Å². The number of halogens is 2. The van der Waals surface area contributed by atoms with E-state index in [9.17, 15) is 0 Å². The third-order valence-corrected chi connectivity index (χ3v) is 8.14. The number of anilines is 3. The van der Waals surface area contributed by atoms with E-state index in [2.05, 4.69) is 61.8 Å². The van der Waals surface area contributed by atoms with Gasteiger partial charge in [0.15, 0.2) is 5.11 Å². The minimum Gasteiger partial charge on any atom is -0.368 e. The average Bonchev–Trinajstić information content (AvgIpc) is 2.93. The molecule has 0 amide bonds. The number of thiocarbonyl (C=S) groups is 1. The summed E-state index contributed by atoms with van der Waals surface area (Å²) in [6.45, 7) is 4.27. The van der Waals surface area contributed by atoms with E-state index in [1.54, 1.807) is 0 Å². The number of hydrogen-bond donors (Lipinski definition) is 2. The van der Waals surface area contributed by atoms with Crippen molar-refractivity contribution in [1.82, 2.24) is 15.3 Å². The monoisotopic (exact) mass is 554 g/mol. The molecule has 0 bridgehead atoms. The summed E-state index contributed by atoms with van der Waals surface area (Å²) in [6, 6.07) is 20.5. The van der Waals surface area contributed by atoms with E-state index in [0.29, 0.717) is 16.2 Å². The van der Waals surface area contributed by atoms with Crippen LogP contribution in [0.1, 0.15) is 37.7 Å². The van der Waals surface area contributed by atoms with E-state index in [1.165, 1.54) is 30.5 Å². The van der Waals surface area contributed by atoms with E-state index in [-0.39, 0.29) is 5.41 Å². The Hall–Kier alpha value is -2.61.